The number of hydrogen-bond donors (Lipinski definition) is 0. The Bertz CT molecular complexity index is 211. The molecule has 3 rings (SSSR count). The van der Waals surface area contributed by atoms with Gasteiger partial charge in [0.1, 0.15) is 0 Å². The lowest BCUT2D eigenvalue weighted by Crippen LogP contribution is -2.28. The van der Waals surface area contributed by atoms with Crippen LogP contribution in [-0.4, -0.2) is 17.0 Å². The van der Waals surface area contributed by atoms with Gasteiger partial charge in [-0.05, 0) is 55.5 Å². The van der Waals surface area contributed by atoms with Crippen LogP contribution in [0.25, 0.3) is 0 Å². The molecule has 0 nitrogen and oxygen atoms in total. The molecule has 0 radical (unpaired) electrons. The molecule has 0 aromatic heterocycles. The molecule has 0 saturated heterocycles. The standard InChI is InChI=1S/C18H33P.2BrH/c1-4-10-16(11-5-1)19(17-12-6-2-7-13-17)18-14-8-3-9-15-18;;/h16-18H,1-15H2;2*1H. The Hall–Kier alpha value is 1.39. The molecule has 3 heteroatoms. The van der Waals surface area contributed by atoms with E-state index in [2.05, 4.69) is 0 Å². The van der Waals surface area contributed by atoms with Crippen LogP contribution in [0.15, 0.2) is 0 Å². The van der Waals surface area contributed by atoms with Crippen LogP contribution >= 0.6 is 41.9 Å². The molecule has 3 saturated carbocycles. The van der Waals surface area contributed by atoms with Crippen molar-refractivity contribution in [1.82, 2.24) is 0 Å². The Kier molecular flexibility index (Phi) is 10.7. The van der Waals surface area contributed by atoms with Gasteiger partial charge in [-0.1, -0.05) is 65.7 Å². The summed E-state index contributed by atoms with van der Waals surface area (Å²) in [5.74, 6) is 0. The predicted molar refractivity (Wildman–Crippen MR) is 108 cm³/mol. The fourth-order valence-corrected chi connectivity index (χ4v) is 9.71. The summed E-state index contributed by atoms with van der Waals surface area (Å²) in [7, 11) is 0.385. The summed E-state index contributed by atoms with van der Waals surface area (Å²) >= 11 is 0. The van der Waals surface area contributed by atoms with Crippen molar-refractivity contribution in [3.63, 3.8) is 0 Å². The van der Waals surface area contributed by atoms with Gasteiger partial charge in [-0.25, -0.2) is 0 Å². The summed E-state index contributed by atoms with van der Waals surface area (Å²) in [6.45, 7) is 0. The first-order chi connectivity index (χ1) is 9.45. The van der Waals surface area contributed by atoms with Crippen molar-refractivity contribution < 1.29 is 0 Å². The summed E-state index contributed by atoms with van der Waals surface area (Å²) in [6, 6.07) is 0. The maximum atomic E-state index is 1.61. The lowest BCUT2D eigenvalue weighted by molar-refractivity contribution is 0.460. The van der Waals surface area contributed by atoms with Crippen LogP contribution in [0, 0.1) is 0 Å². The van der Waals surface area contributed by atoms with E-state index in [-0.39, 0.29) is 34.0 Å². The van der Waals surface area contributed by atoms with Crippen molar-refractivity contribution in [1.29, 1.82) is 0 Å². The normalized spacial score (nSPS) is 26.1. The first-order valence-electron chi connectivity index (χ1n) is 9.22. The van der Waals surface area contributed by atoms with Crippen molar-refractivity contribution in [3.05, 3.63) is 0 Å². The SMILES string of the molecule is Br.Br.C1CCC(P(C2CCCCC2)C2CCCCC2)CC1. The van der Waals surface area contributed by atoms with Crippen LogP contribution in [-0.2, 0) is 0 Å². The highest BCUT2D eigenvalue weighted by atomic mass is 79.9. The van der Waals surface area contributed by atoms with Gasteiger partial charge in [-0.2, -0.15) is 0 Å². The average Bonchev–Trinajstić information content (AvgIpc) is 2.51. The van der Waals surface area contributed by atoms with Gasteiger partial charge in [0, 0.05) is 0 Å². The minimum atomic E-state index is 0. The third kappa shape index (κ3) is 5.75. The van der Waals surface area contributed by atoms with E-state index >= 15 is 0 Å². The van der Waals surface area contributed by atoms with Crippen molar-refractivity contribution in [3.8, 4) is 0 Å². The Labute approximate surface area is 154 Å². The molecule has 21 heavy (non-hydrogen) atoms. The largest absolute Gasteiger partial charge is 0.114 e. The van der Waals surface area contributed by atoms with Crippen molar-refractivity contribution in [2.24, 2.45) is 0 Å². The molecule has 3 aliphatic carbocycles. The average molecular weight is 442 g/mol. The lowest BCUT2D eigenvalue weighted by Gasteiger charge is -2.44. The fraction of sp³-hybridized carbons (Fsp3) is 1.00. The molecule has 0 amide bonds. The third-order valence-corrected chi connectivity index (χ3v) is 10.1. The molecule has 3 aliphatic rings. The minimum Gasteiger partial charge on any atom is -0.114 e. The van der Waals surface area contributed by atoms with E-state index in [1.54, 1.807) is 77.0 Å². The second kappa shape index (κ2) is 11.0. The molecule has 0 atom stereocenters. The highest BCUT2D eigenvalue weighted by Gasteiger charge is 2.36. The first kappa shape index (κ1) is 20.4. The molecule has 126 valence electrons. The maximum absolute atomic E-state index is 1.61. The van der Waals surface area contributed by atoms with E-state index in [1.165, 1.54) is 36.2 Å². The van der Waals surface area contributed by atoms with Gasteiger partial charge in [0.25, 0.3) is 0 Å². The van der Waals surface area contributed by atoms with Gasteiger partial charge < -0.3 is 0 Å². The highest BCUT2D eigenvalue weighted by molar-refractivity contribution is 8.93. The van der Waals surface area contributed by atoms with Crippen LogP contribution in [0.4, 0.5) is 0 Å². The van der Waals surface area contributed by atoms with Gasteiger partial charge in [-0.3, -0.25) is 0 Å². The van der Waals surface area contributed by atoms with E-state index in [4.69, 9.17) is 0 Å². The molecule has 0 bridgehead atoms. The Morgan fingerprint density at radius 2 is 0.619 bits per heavy atom. The minimum absolute atomic E-state index is 0. The van der Waals surface area contributed by atoms with Crippen LogP contribution in [0.3, 0.4) is 0 Å². The first-order valence-corrected chi connectivity index (χ1v) is 10.8. The molecule has 0 heterocycles. The summed E-state index contributed by atoms with van der Waals surface area (Å²) in [5.41, 5.74) is 3.57. The predicted octanol–water partition coefficient (Wildman–Crippen LogP) is 7.62. The molecule has 0 aliphatic heterocycles. The van der Waals surface area contributed by atoms with Gasteiger partial charge in [0.2, 0.25) is 0 Å². The van der Waals surface area contributed by atoms with E-state index in [1.807, 2.05) is 0 Å². The van der Waals surface area contributed by atoms with E-state index in [9.17, 15) is 0 Å². The molecule has 3 fully saturated rings. The molecule has 0 N–H and O–H groups in total. The van der Waals surface area contributed by atoms with Crippen molar-refractivity contribution in [2.75, 3.05) is 0 Å². The molecule has 0 spiro atoms. The quantitative estimate of drug-likeness (QED) is 0.395. The van der Waals surface area contributed by atoms with E-state index < -0.39 is 0 Å². The topological polar surface area (TPSA) is 0 Å². The monoisotopic (exact) mass is 440 g/mol. The molecule has 0 aromatic carbocycles. The van der Waals surface area contributed by atoms with Crippen molar-refractivity contribution in [2.45, 2.75) is 113 Å². The Balaban J connectivity index is 0.00000110. The molecular weight excluding hydrogens is 407 g/mol. The second-order valence-corrected chi connectivity index (χ2v) is 10.4. The molecule has 0 unspecified atom stereocenters. The van der Waals surface area contributed by atoms with Crippen LogP contribution in [0.5, 0.6) is 0 Å². The fourth-order valence-electron chi connectivity index (χ4n) is 5.03. The zero-order valence-electron chi connectivity index (χ0n) is 13.6. The highest BCUT2D eigenvalue weighted by Crippen LogP contribution is 2.61. The Morgan fingerprint density at radius 3 is 0.857 bits per heavy atom. The maximum Gasteiger partial charge on any atom is -0.0204 e. The smallest absolute Gasteiger partial charge is 0.0204 e. The van der Waals surface area contributed by atoms with E-state index in [0.29, 0.717) is 7.92 Å². The zero-order chi connectivity index (χ0) is 12.9. The molecule has 0 aromatic rings. The van der Waals surface area contributed by atoms with Crippen LogP contribution in [0.1, 0.15) is 96.3 Å². The summed E-state index contributed by atoms with van der Waals surface area (Å²) in [5, 5.41) is 0. The van der Waals surface area contributed by atoms with Gasteiger partial charge in [0.15, 0.2) is 0 Å². The van der Waals surface area contributed by atoms with Crippen molar-refractivity contribution >= 4 is 41.9 Å². The summed E-state index contributed by atoms with van der Waals surface area (Å²) in [4.78, 5) is 0. The number of halogens is 2. The third-order valence-electron chi connectivity index (χ3n) is 5.99. The van der Waals surface area contributed by atoms with Gasteiger partial charge >= 0.3 is 0 Å². The number of hydrogen-bond acceptors (Lipinski definition) is 0. The molecular formula is C18H35Br2P. The van der Waals surface area contributed by atoms with Gasteiger partial charge in [0.05, 0.1) is 0 Å². The summed E-state index contributed by atoms with van der Waals surface area (Å²) < 4.78 is 0. The zero-order valence-corrected chi connectivity index (χ0v) is 17.9. The van der Waals surface area contributed by atoms with Gasteiger partial charge in [-0.15, -0.1) is 34.0 Å². The van der Waals surface area contributed by atoms with Crippen LogP contribution < -0.4 is 0 Å². The second-order valence-electron chi connectivity index (χ2n) is 7.32. The number of rotatable bonds is 3. The van der Waals surface area contributed by atoms with Crippen LogP contribution in [0.2, 0.25) is 0 Å². The van der Waals surface area contributed by atoms with E-state index in [0.717, 1.165) is 0 Å². The summed E-state index contributed by atoms with van der Waals surface area (Å²) in [6.07, 6.45) is 23.6. The Morgan fingerprint density at radius 1 is 0.381 bits per heavy atom. The lowest BCUT2D eigenvalue weighted by atomic mass is 9.99.